The molecule has 0 fully saturated rings. The van der Waals surface area contributed by atoms with Crippen LogP contribution in [-0.2, 0) is 23.8 Å². The van der Waals surface area contributed by atoms with Crippen LogP contribution in [0, 0.1) is 0 Å². The van der Waals surface area contributed by atoms with Gasteiger partial charge in [-0.2, -0.15) is 0 Å². The molecule has 3 N–H and O–H groups in total. The minimum absolute atomic E-state index is 0.229. The Balaban J connectivity index is 2.94. The summed E-state index contributed by atoms with van der Waals surface area (Å²) in [5.41, 5.74) is 4.93. The number of hydrogen-bond acceptors (Lipinski definition) is 5. The summed E-state index contributed by atoms with van der Waals surface area (Å²) in [6.45, 7) is 3.13. The Bertz CT molecular complexity index is 201. The van der Waals surface area contributed by atoms with E-state index < -0.39 is 0 Å². The van der Waals surface area contributed by atoms with Gasteiger partial charge in [-0.1, -0.05) is 0 Å². The van der Waals surface area contributed by atoms with E-state index in [-0.39, 0.29) is 12.3 Å². The molecule has 0 spiro atoms. The second kappa shape index (κ2) is 12.9. The third kappa shape index (κ3) is 14.8. The number of rotatable bonds is 13. The highest BCUT2D eigenvalue weighted by atomic mass is 16.5. The summed E-state index contributed by atoms with van der Waals surface area (Å²) >= 11 is 0. The van der Waals surface area contributed by atoms with Gasteiger partial charge in [-0.15, -0.1) is 0 Å². The minimum Gasteiger partial charge on any atom is -0.379 e. The fraction of sp³-hybridized carbons (Fsp3) is 0.800. The first-order chi connectivity index (χ1) is 8.27. The summed E-state index contributed by atoms with van der Waals surface area (Å²) in [5, 5.41) is 2.48. The molecule has 100 valence electrons. The topological polar surface area (TPSA) is 99.9 Å². The number of primary amides is 1. The van der Waals surface area contributed by atoms with E-state index in [4.69, 9.17) is 19.9 Å². The molecular formula is C10H20N2O5. The Kier molecular flexibility index (Phi) is 12.0. The highest BCUT2D eigenvalue weighted by molar-refractivity contribution is 5.73. The molecule has 0 atom stereocenters. The highest BCUT2D eigenvalue weighted by Crippen LogP contribution is 1.83. The molecule has 0 aromatic carbocycles. The van der Waals surface area contributed by atoms with E-state index >= 15 is 0 Å². The van der Waals surface area contributed by atoms with Crippen molar-refractivity contribution < 1.29 is 23.8 Å². The van der Waals surface area contributed by atoms with Gasteiger partial charge in [-0.25, -0.2) is 0 Å². The SMILES string of the molecule is NC(=O)CCOCCOCCOCCNC=O. The van der Waals surface area contributed by atoms with E-state index in [9.17, 15) is 9.59 Å². The van der Waals surface area contributed by atoms with E-state index in [0.29, 0.717) is 52.6 Å². The van der Waals surface area contributed by atoms with Crippen molar-refractivity contribution >= 4 is 12.3 Å². The quantitative estimate of drug-likeness (QED) is 0.310. The molecule has 0 bridgehead atoms. The van der Waals surface area contributed by atoms with Crippen molar-refractivity contribution in [3.63, 3.8) is 0 Å². The van der Waals surface area contributed by atoms with Crippen LogP contribution < -0.4 is 11.1 Å². The average Bonchev–Trinajstić information content (AvgIpc) is 2.30. The highest BCUT2D eigenvalue weighted by Gasteiger charge is 1.94. The molecule has 0 rings (SSSR count). The molecule has 0 aliphatic carbocycles. The molecule has 0 saturated heterocycles. The second-order valence-corrected chi connectivity index (χ2v) is 3.13. The minimum atomic E-state index is -0.372. The van der Waals surface area contributed by atoms with Crippen molar-refractivity contribution in [2.45, 2.75) is 6.42 Å². The molecular weight excluding hydrogens is 228 g/mol. The maximum Gasteiger partial charge on any atom is 0.219 e. The smallest absolute Gasteiger partial charge is 0.219 e. The van der Waals surface area contributed by atoms with Crippen molar-refractivity contribution in [1.82, 2.24) is 5.32 Å². The summed E-state index contributed by atoms with van der Waals surface area (Å²) < 4.78 is 15.4. The van der Waals surface area contributed by atoms with Crippen LogP contribution >= 0.6 is 0 Å². The predicted molar refractivity (Wildman–Crippen MR) is 60.3 cm³/mol. The monoisotopic (exact) mass is 248 g/mol. The van der Waals surface area contributed by atoms with E-state index in [1.807, 2.05) is 0 Å². The number of hydrogen-bond donors (Lipinski definition) is 2. The maximum absolute atomic E-state index is 10.3. The molecule has 0 radical (unpaired) electrons. The van der Waals surface area contributed by atoms with E-state index in [1.165, 1.54) is 0 Å². The summed E-state index contributed by atoms with van der Waals surface area (Å²) in [6.07, 6.45) is 0.857. The van der Waals surface area contributed by atoms with Crippen LogP contribution in [-0.4, -0.2) is 58.5 Å². The van der Waals surface area contributed by atoms with Gasteiger partial charge in [0.15, 0.2) is 0 Å². The Hall–Kier alpha value is -1.18. The lowest BCUT2D eigenvalue weighted by molar-refractivity contribution is -0.119. The molecule has 7 nitrogen and oxygen atoms in total. The van der Waals surface area contributed by atoms with Crippen molar-refractivity contribution in [3.8, 4) is 0 Å². The largest absolute Gasteiger partial charge is 0.379 e. The lowest BCUT2D eigenvalue weighted by Crippen LogP contribution is -2.19. The van der Waals surface area contributed by atoms with Gasteiger partial charge in [0.2, 0.25) is 12.3 Å². The first-order valence-electron chi connectivity index (χ1n) is 5.46. The maximum atomic E-state index is 10.3. The van der Waals surface area contributed by atoms with Crippen molar-refractivity contribution in [2.75, 3.05) is 46.2 Å². The van der Waals surface area contributed by atoms with Crippen LogP contribution in [0.15, 0.2) is 0 Å². The van der Waals surface area contributed by atoms with Crippen molar-refractivity contribution in [3.05, 3.63) is 0 Å². The van der Waals surface area contributed by atoms with Crippen LogP contribution in [0.2, 0.25) is 0 Å². The van der Waals surface area contributed by atoms with Crippen LogP contribution in [0.1, 0.15) is 6.42 Å². The standard InChI is InChI=1S/C10H20N2O5/c11-10(14)1-3-15-5-7-17-8-6-16-4-2-12-9-13/h9H,1-8H2,(H2,11,14)(H,12,13). The third-order valence-corrected chi connectivity index (χ3v) is 1.71. The first kappa shape index (κ1) is 15.8. The number of nitrogens with one attached hydrogen (secondary N) is 1. The number of ether oxygens (including phenoxy) is 3. The Morgan fingerprint density at radius 2 is 1.53 bits per heavy atom. The molecule has 0 unspecified atom stereocenters. The van der Waals surface area contributed by atoms with E-state index in [2.05, 4.69) is 5.32 Å². The summed E-state index contributed by atoms with van der Waals surface area (Å²) in [5.74, 6) is -0.372. The Labute approximate surface area is 101 Å². The van der Waals surface area contributed by atoms with Crippen molar-refractivity contribution in [2.24, 2.45) is 5.73 Å². The zero-order chi connectivity index (χ0) is 12.8. The normalized spacial score (nSPS) is 10.1. The molecule has 2 amide bonds. The number of amides is 2. The lowest BCUT2D eigenvalue weighted by atomic mass is 10.4. The van der Waals surface area contributed by atoms with E-state index in [1.54, 1.807) is 0 Å². The fourth-order valence-corrected chi connectivity index (χ4v) is 0.905. The van der Waals surface area contributed by atoms with Gasteiger partial charge in [-0.05, 0) is 0 Å². The molecule has 0 saturated carbocycles. The zero-order valence-electron chi connectivity index (χ0n) is 9.85. The third-order valence-electron chi connectivity index (χ3n) is 1.71. The Morgan fingerprint density at radius 1 is 1.00 bits per heavy atom. The second-order valence-electron chi connectivity index (χ2n) is 3.13. The molecule has 0 aromatic rings. The van der Waals surface area contributed by atoms with Crippen molar-refractivity contribution in [1.29, 1.82) is 0 Å². The summed E-state index contributed by atoms with van der Waals surface area (Å²) in [4.78, 5) is 20.2. The average molecular weight is 248 g/mol. The first-order valence-corrected chi connectivity index (χ1v) is 5.46. The van der Waals surface area contributed by atoms with Gasteiger partial charge >= 0.3 is 0 Å². The zero-order valence-corrected chi connectivity index (χ0v) is 9.85. The summed E-state index contributed by atoms with van der Waals surface area (Å²) in [6, 6.07) is 0. The lowest BCUT2D eigenvalue weighted by Gasteiger charge is -2.06. The van der Waals surface area contributed by atoms with Gasteiger partial charge in [0.1, 0.15) is 0 Å². The summed E-state index contributed by atoms with van der Waals surface area (Å²) in [7, 11) is 0. The van der Waals surface area contributed by atoms with Crippen LogP contribution in [0.4, 0.5) is 0 Å². The Morgan fingerprint density at radius 3 is 2.06 bits per heavy atom. The van der Waals surface area contributed by atoms with Gasteiger partial charge in [-0.3, -0.25) is 9.59 Å². The molecule has 0 heterocycles. The van der Waals surface area contributed by atoms with Crippen LogP contribution in [0.5, 0.6) is 0 Å². The van der Waals surface area contributed by atoms with E-state index in [0.717, 1.165) is 0 Å². The number of carbonyl (C=O) groups excluding carboxylic acids is 2. The van der Waals surface area contributed by atoms with Gasteiger partial charge < -0.3 is 25.3 Å². The van der Waals surface area contributed by atoms with Gasteiger partial charge in [0.25, 0.3) is 0 Å². The molecule has 17 heavy (non-hydrogen) atoms. The molecule has 7 heteroatoms. The van der Waals surface area contributed by atoms with Crippen LogP contribution in [0.3, 0.4) is 0 Å². The van der Waals surface area contributed by atoms with Gasteiger partial charge in [0, 0.05) is 13.0 Å². The van der Waals surface area contributed by atoms with Gasteiger partial charge in [0.05, 0.1) is 39.6 Å². The molecule has 0 aliphatic rings. The van der Waals surface area contributed by atoms with Crippen LogP contribution in [0.25, 0.3) is 0 Å². The number of nitrogens with two attached hydrogens (primary N) is 1. The predicted octanol–water partition coefficient (Wildman–Crippen LogP) is -1.34. The molecule has 0 aromatic heterocycles. The number of carbonyl (C=O) groups is 2. The fourth-order valence-electron chi connectivity index (χ4n) is 0.905. The molecule has 0 aliphatic heterocycles.